The molecule has 1 fully saturated rings. The molecule has 0 bridgehead atoms. The van der Waals surface area contributed by atoms with E-state index in [4.69, 9.17) is 10.5 Å². The maximum Gasteiger partial charge on any atom is 0.225 e. The van der Waals surface area contributed by atoms with Crippen molar-refractivity contribution < 1.29 is 39.2 Å². The Morgan fingerprint density at radius 1 is 1.14 bits per heavy atom. The second-order valence-electron chi connectivity index (χ2n) is 9.16. The van der Waals surface area contributed by atoms with E-state index in [2.05, 4.69) is 0 Å². The van der Waals surface area contributed by atoms with Gasteiger partial charge in [-0.1, -0.05) is 18.2 Å². The molecule has 184 valence electrons. The van der Waals surface area contributed by atoms with Crippen molar-refractivity contribution in [2.24, 2.45) is 23.5 Å². The van der Waals surface area contributed by atoms with Crippen molar-refractivity contribution in [2.45, 2.75) is 31.3 Å². The Bertz CT molecular complexity index is 1200. The van der Waals surface area contributed by atoms with Gasteiger partial charge in [0.25, 0.3) is 0 Å². The number of aliphatic hydroxyl groups is 2. The molecule has 0 aliphatic heterocycles. The quantitative estimate of drug-likeness (QED) is 0.428. The summed E-state index contributed by atoms with van der Waals surface area (Å²) in [6, 6.07) is 10.3. The van der Waals surface area contributed by atoms with Crippen LogP contribution in [-0.4, -0.2) is 57.9 Å². The lowest BCUT2D eigenvalue weighted by Gasteiger charge is -2.46. The number of phenols is 1. The maximum atomic E-state index is 13.6. The molecule has 2 aromatic rings. The number of ether oxygens (including phenoxy) is 1. The third-order valence-electron chi connectivity index (χ3n) is 7.23. The summed E-state index contributed by atoms with van der Waals surface area (Å²) < 4.78 is 5.20. The molecule has 0 radical (unpaired) electrons. The SMILES string of the molecule is COc1ccc(-c2ccc(O)c3c2C[C@H]2C[C@@H](CCO)[C@@](O)(C(=O)CC(N)=O)C(=O)C2C3=O)cc1. The molecular formula is C26H27NO8. The van der Waals surface area contributed by atoms with Gasteiger partial charge < -0.3 is 25.8 Å². The van der Waals surface area contributed by atoms with E-state index in [0.717, 1.165) is 5.56 Å². The van der Waals surface area contributed by atoms with Gasteiger partial charge in [0.2, 0.25) is 5.91 Å². The third-order valence-corrected chi connectivity index (χ3v) is 7.23. The molecule has 0 spiro atoms. The van der Waals surface area contributed by atoms with E-state index in [9.17, 15) is 34.5 Å². The predicted molar refractivity (Wildman–Crippen MR) is 124 cm³/mol. The molecule has 5 N–H and O–H groups in total. The zero-order valence-corrected chi connectivity index (χ0v) is 19.2. The zero-order valence-electron chi connectivity index (χ0n) is 19.2. The number of carbonyl (C=O) groups excluding carboxylic acids is 4. The monoisotopic (exact) mass is 481 g/mol. The summed E-state index contributed by atoms with van der Waals surface area (Å²) in [6.45, 7) is -0.399. The van der Waals surface area contributed by atoms with Gasteiger partial charge in [-0.2, -0.15) is 0 Å². The van der Waals surface area contributed by atoms with Crippen molar-refractivity contribution in [3.8, 4) is 22.6 Å². The first kappa shape index (κ1) is 24.6. The zero-order chi connectivity index (χ0) is 25.5. The topological polar surface area (TPSA) is 164 Å². The number of amides is 1. The average molecular weight is 482 g/mol. The molecule has 4 rings (SSSR count). The molecule has 0 heterocycles. The van der Waals surface area contributed by atoms with Gasteiger partial charge in [0.15, 0.2) is 23.0 Å². The summed E-state index contributed by atoms with van der Waals surface area (Å²) in [6.07, 6.45) is -0.586. The first-order valence-electron chi connectivity index (χ1n) is 11.4. The summed E-state index contributed by atoms with van der Waals surface area (Å²) in [5.74, 6) is -6.32. The number of rotatable bonds is 7. The first-order valence-corrected chi connectivity index (χ1v) is 11.4. The molecule has 0 saturated heterocycles. The van der Waals surface area contributed by atoms with Crippen molar-refractivity contribution >= 4 is 23.3 Å². The molecule has 9 heteroatoms. The summed E-state index contributed by atoms with van der Waals surface area (Å²) >= 11 is 0. The van der Waals surface area contributed by atoms with E-state index in [1.54, 1.807) is 25.3 Å². The molecule has 2 aromatic carbocycles. The highest BCUT2D eigenvalue weighted by atomic mass is 16.5. The van der Waals surface area contributed by atoms with Crippen LogP contribution in [0.1, 0.15) is 35.2 Å². The smallest absolute Gasteiger partial charge is 0.225 e. The Morgan fingerprint density at radius 2 is 1.83 bits per heavy atom. The molecule has 0 aromatic heterocycles. The number of benzene rings is 2. The van der Waals surface area contributed by atoms with E-state index in [1.165, 1.54) is 6.07 Å². The normalized spacial score (nSPS) is 25.5. The largest absolute Gasteiger partial charge is 0.507 e. The van der Waals surface area contributed by atoms with Crippen LogP contribution in [0.5, 0.6) is 11.5 Å². The van der Waals surface area contributed by atoms with Crippen LogP contribution in [0.15, 0.2) is 36.4 Å². The number of phenolic OH excluding ortho intramolecular Hbond substituents is 1. The van der Waals surface area contributed by atoms with Crippen molar-refractivity contribution in [2.75, 3.05) is 13.7 Å². The van der Waals surface area contributed by atoms with Gasteiger partial charge in [0.1, 0.15) is 11.5 Å². The average Bonchev–Trinajstić information content (AvgIpc) is 2.82. The number of methoxy groups -OCH3 is 1. The molecule has 2 aliphatic carbocycles. The van der Waals surface area contributed by atoms with Gasteiger partial charge in [-0.3, -0.25) is 19.2 Å². The molecule has 1 unspecified atom stereocenters. The number of hydrogen-bond acceptors (Lipinski definition) is 8. The summed E-state index contributed by atoms with van der Waals surface area (Å²) in [5, 5.41) is 31.4. The Balaban J connectivity index is 1.80. The third kappa shape index (κ3) is 4.00. The van der Waals surface area contributed by atoms with Gasteiger partial charge in [-0.05, 0) is 60.1 Å². The summed E-state index contributed by atoms with van der Waals surface area (Å²) in [7, 11) is 1.55. The molecule has 1 saturated carbocycles. The minimum Gasteiger partial charge on any atom is -0.507 e. The molecule has 35 heavy (non-hydrogen) atoms. The predicted octanol–water partition coefficient (Wildman–Crippen LogP) is 1.19. The Morgan fingerprint density at radius 3 is 2.43 bits per heavy atom. The van der Waals surface area contributed by atoms with Gasteiger partial charge >= 0.3 is 0 Å². The van der Waals surface area contributed by atoms with Crippen LogP contribution >= 0.6 is 0 Å². The lowest BCUT2D eigenvalue weighted by molar-refractivity contribution is -0.167. The first-order chi connectivity index (χ1) is 16.6. The second kappa shape index (κ2) is 9.24. The number of aromatic hydroxyl groups is 1. The lowest BCUT2D eigenvalue weighted by atomic mass is 9.57. The van der Waals surface area contributed by atoms with E-state index >= 15 is 0 Å². The number of aliphatic hydroxyl groups excluding tert-OH is 1. The van der Waals surface area contributed by atoms with E-state index in [1.807, 2.05) is 12.1 Å². The van der Waals surface area contributed by atoms with Crippen molar-refractivity contribution in [1.82, 2.24) is 0 Å². The number of hydrogen-bond donors (Lipinski definition) is 4. The van der Waals surface area contributed by atoms with Crippen LogP contribution in [0, 0.1) is 17.8 Å². The van der Waals surface area contributed by atoms with Gasteiger partial charge in [0.05, 0.1) is 25.0 Å². The molecule has 1 amide bonds. The highest BCUT2D eigenvalue weighted by Crippen LogP contribution is 2.49. The maximum absolute atomic E-state index is 13.6. The van der Waals surface area contributed by atoms with Gasteiger partial charge in [-0.25, -0.2) is 0 Å². The van der Waals surface area contributed by atoms with Crippen LogP contribution in [0.2, 0.25) is 0 Å². The Labute approximate surface area is 201 Å². The fourth-order valence-corrected chi connectivity index (χ4v) is 5.58. The van der Waals surface area contributed by atoms with Crippen LogP contribution in [0.3, 0.4) is 0 Å². The fourth-order valence-electron chi connectivity index (χ4n) is 5.58. The van der Waals surface area contributed by atoms with Crippen LogP contribution in [-0.2, 0) is 20.8 Å². The Hall–Kier alpha value is -3.56. The van der Waals surface area contributed by atoms with Crippen LogP contribution < -0.4 is 10.5 Å². The van der Waals surface area contributed by atoms with Crippen molar-refractivity contribution in [3.63, 3.8) is 0 Å². The fraction of sp³-hybridized carbons (Fsp3) is 0.385. The molecule has 2 aliphatic rings. The van der Waals surface area contributed by atoms with E-state index in [0.29, 0.717) is 16.9 Å². The number of Topliss-reactive ketones (excluding diaryl/α,β-unsaturated/α-hetero) is 3. The number of carbonyl (C=O) groups is 4. The number of fused-ring (bicyclic) bond motifs is 2. The molecular weight excluding hydrogens is 454 g/mol. The summed E-state index contributed by atoms with van der Waals surface area (Å²) in [5.41, 5.74) is 4.56. The van der Waals surface area contributed by atoms with Crippen molar-refractivity contribution in [3.05, 3.63) is 47.5 Å². The Kier molecular flexibility index (Phi) is 6.48. The number of primary amides is 1. The highest BCUT2D eigenvalue weighted by molar-refractivity contribution is 6.24. The standard InChI is InChI=1S/C26H27NO8/c1-35-16-4-2-13(3-5-16)17-6-7-19(29)23-18(17)11-14-10-15(8-9-28)26(34,20(30)12-21(27)31)25(33)22(14)24(23)32/h2-7,14-15,22,28-29,34H,8-12H2,1H3,(H2,27,31)/t14-,15-,22?,26-/m1/s1. The second-order valence-corrected chi connectivity index (χ2v) is 9.16. The molecule has 9 nitrogen and oxygen atoms in total. The number of ketones is 3. The minimum absolute atomic E-state index is 0.0155. The minimum atomic E-state index is -2.62. The number of nitrogens with two attached hydrogens (primary N) is 1. The van der Waals surface area contributed by atoms with Gasteiger partial charge in [-0.15, -0.1) is 0 Å². The lowest BCUT2D eigenvalue weighted by Crippen LogP contribution is -2.63. The van der Waals surface area contributed by atoms with Crippen LogP contribution in [0.25, 0.3) is 11.1 Å². The van der Waals surface area contributed by atoms with Crippen LogP contribution in [0.4, 0.5) is 0 Å². The van der Waals surface area contributed by atoms with Crippen molar-refractivity contribution in [1.29, 1.82) is 0 Å². The van der Waals surface area contributed by atoms with Gasteiger partial charge in [0, 0.05) is 12.5 Å². The molecule has 4 atom stereocenters. The highest BCUT2D eigenvalue weighted by Gasteiger charge is 2.60. The van der Waals surface area contributed by atoms with E-state index < -0.39 is 59.6 Å². The summed E-state index contributed by atoms with van der Waals surface area (Å²) in [4.78, 5) is 51.3. The van der Waals surface area contributed by atoms with E-state index in [-0.39, 0.29) is 30.6 Å².